The molecule has 1 saturated carbocycles. The predicted molar refractivity (Wildman–Crippen MR) is 118 cm³/mol. The van der Waals surface area contributed by atoms with E-state index in [0.29, 0.717) is 19.0 Å². The number of carbonyl (C=O) groups excluding carboxylic acids is 1. The van der Waals surface area contributed by atoms with Crippen LogP contribution >= 0.6 is 0 Å². The van der Waals surface area contributed by atoms with E-state index in [1.165, 1.54) is 37.7 Å². The number of amides is 1. The Bertz CT molecular complexity index is 595. The van der Waals surface area contributed by atoms with Gasteiger partial charge in [0.15, 0.2) is 0 Å². The van der Waals surface area contributed by atoms with Crippen LogP contribution in [0.3, 0.4) is 0 Å². The molecule has 2 aliphatic rings. The van der Waals surface area contributed by atoms with Gasteiger partial charge in [0.2, 0.25) is 5.91 Å². The minimum atomic E-state index is -0.364. The molecule has 1 aromatic carbocycles. The molecule has 1 atom stereocenters. The summed E-state index contributed by atoms with van der Waals surface area (Å²) in [6, 6.07) is 10.4. The van der Waals surface area contributed by atoms with E-state index in [1.807, 2.05) is 11.0 Å². The first-order valence-electron chi connectivity index (χ1n) is 11.5. The molecule has 0 radical (unpaired) electrons. The van der Waals surface area contributed by atoms with E-state index in [9.17, 15) is 9.90 Å². The van der Waals surface area contributed by atoms with Crippen LogP contribution in [0, 0.1) is 5.92 Å². The van der Waals surface area contributed by atoms with Gasteiger partial charge in [-0.05, 0) is 24.9 Å². The fourth-order valence-electron chi connectivity index (χ4n) is 4.82. The SMILES string of the molecule is CN(Cc1ccccc1)CC(O)CN1CCN(C(=O)CCC2CCCCC2)CC1. The molecule has 5 heteroatoms. The molecule has 0 aromatic heterocycles. The van der Waals surface area contributed by atoms with Crippen molar-refractivity contribution in [3.63, 3.8) is 0 Å². The van der Waals surface area contributed by atoms with Gasteiger partial charge < -0.3 is 10.0 Å². The predicted octanol–water partition coefficient (Wildman–Crippen LogP) is 2.98. The Balaban J connectivity index is 1.30. The average Bonchev–Trinajstić information content (AvgIpc) is 2.74. The molecule has 3 rings (SSSR count). The van der Waals surface area contributed by atoms with Gasteiger partial charge in [0.05, 0.1) is 6.10 Å². The second-order valence-electron chi connectivity index (χ2n) is 9.06. The molecular weight excluding hydrogens is 362 g/mol. The summed E-state index contributed by atoms with van der Waals surface area (Å²) in [5.74, 6) is 1.11. The quantitative estimate of drug-likeness (QED) is 0.691. The van der Waals surface area contributed by atoms with Crippen LogP contribution in [0.15, 0.2) is 30.3 Å². The van der Waals surface area contributed by atoms with Crippen molar-refractivity contribution >= 4 is 5.91 Å². The highest BCUT2D eigenvalue weighted by Crippen LogP contribution is 2.27. The Labute approximate surface area is 176 Å². The lowest BCUT2D eigenvalue weighted by molar-refractivity contribution is -0.133. The normalized spacial score (nSPS) is 20.2. The van der Waals surface area contributed by atoms with Gasteiger partial charge in [0.25, 0.3) is 0 Å². The zero-order valence-electron chi connectivity index (χ0n) is 18.1. The number of β-amino-alcohol motifs (C(OH)–C–C–N with tert-alkyl or cyclic N) is 1. The van der Waals surface area contributed by atoms with Gasteiger partial charge in [0.1, 0.15) is 0 Å². The molecule has 1 N–H and O–H groups in total. The Hall–Kier alpha value is -1.43. The summed E-state index contributed by atoms with van der Waals surface area (Å²) in [4.78, 5) is 19.0. The molecule has 2 fully saturated rings. The van der Waals surface area contributed by atoms with Crippen LogP contribution in [0.25, 0.3) is 0 Å². The van der Waals surface area contributed by atoms with Crippen molar-refractivity contribution in [2.75, 3.05) is 46.3 Å². The number of carbonyl (C=O) groups is 1. The van der Waals surface area contributed by atoms with E-state index in [4.69, 9.17) is 0 Å². The Morgan fingerprint density at radius 3 is 2.48 bits per heavy atom. The third-order valence-electron chi connectivity index (χ3n) is 6.50. The summed E-state index contributed by atoms with van der Waals surface area (Å²) in [7, 11) is 2.05. The van der Waals surface area contributed by atoms with Crippen LogP contribution in [0.2, 0.25) is 0 Å². The first-order chi connectivity index (χ1) is 14.1. The van der Waals surface area contributed by atoms with Crippen molar-refractivity contribution in [1.29, 1.82) is 0 Å². The molecular formula is C24H39N3O2. The third-order valence-corrected chi connectivity index (χ3v) is 6.50. The number of hydrogen-bond donors (Lipinski definition) is 1. The molecule has 0 spiro atoms. The zero-order chi connectivity index (χ0) is 20.5. The van der Waals surface area contributed by atoms with Crippen molar-refractivity contribution in [3.8, 4) is 0 Å². The Kier molecular flexibility index (Phi) is 8.96. The Morgan fingerprint density at radius 2 is 1.79 bits per heavy atom. The van der Waals surface area contributed by atoms with Crippen LogP contribution in [-0.2, 0) is 11.3 Å². The number of benzene rings is 1. The molecule has 1 unspecified atom stereocenters. The zero-order valence-corrected chi connectivity index (χ0v) is 18.1. The van der Waals surface area contributed by atoms with Crippen molar-refractivity contribution in [2.24, 2.45) is 5.92 Å². The molecule has 1 saturated heterocycles. The van der Waals surface area contributed by atoms with E-state index >= 15 is 0 Å². The maximum absolute atomic E-state index is 12.5. The monoisotopic (exact) mass is 401 g/mol. The van der Waals surface area contributed by atoms with Gasteiger partial charge in [-0.2, -0.15) is 0 Å². The van der Waals surface area contributed by atoms with Crippen LogP contribution in [-0.4, -0.2) is 78.1 Å². The lowest BCUT2D eigenvalue weighted by Crippen LogP contribution is -2.51. The van der Waals surface area contributed by atoms with Gasteiger partial charge in [-0.25, -0.2) is 0 Å². The third kappa shape index (κ3) is 7.72. The van der Waals surface area contributed by atoms with Gasteiger partial charge >= 0.3 is 0 Å². The van der Waals surface area contributed by atoms with Gasteiger partial charge in [-0.1, -0.05) is 62.4 Å². The first-order valence-corrected chi connectivity index (χ1v) is 11.5. The standard InChI is InChI=1S/C24H39N3O2/c1-25(18-22-10-6-3-7-11-22)19-23(28)20-26-14-16-27(17-15-26)24(29)13-12-21-8-4-2-5-9-21/h3,6-7,10-11,21,23,28H,2,4-5,8-9,12-20H2,1H3. The maximum atomic E-state index is 12.5. The number of piperazine rings is 1. The molecule has 1 heterocycles. The highest BCUT2D eigenvalue weighted by Gasteiger charge is 2.24. The largest absolute Gasteiger partial charge is 0.390 e. The van der Waals surface area contributed by atoms with Gasteiger partial charge in [0, 0.05) is 52.2 Å². The van der Waals surface area contributed by atoms with E-state index in [2.05, 4.69) is 41.1 Å². The molecule has 1 aliphatic heterocycles. The molecule has 5 nitrogen and oxygen atoms in total. The first kappa shape index (κ1) is 22.3. The fraction of sp³-hybridized carbons (Fsp3) is 0.708. The second kappa shape index (κ2) is 11.7. The summed E-state index contributed by atoms with van der Waals surface area (Å²) < 4.78 is 0. The topological polar surface area (TPSA) is 47.0 Å². The molecule has 1 aliphatic carbocycles. The summed E-state index contributed by atoms with van der Waals surface area (Å²) in [5, 5.41) is 10.5. The van der Waals surface area contributed by atoms with Gasteiger partial charge in [-0.15, -0.1) is 0 Å². The van der Waals surface area contributed by atoms with Crippen molar-refractivity contribution in [3.05, 3.63) is 35.9 Å². The van der Waals surface area contributed by atoms with E-state index in [0.717, 1.165) is 51.5 Å². The number of aliphatic hydroxyl groups is 1. The van der Waals surface area contributed by atoms with Gasteiger partial charge in [-0.3, -0.25) is 14.6 Å². The lowest BCUT2D eigenvalue weighted by Gasteiger charge is -2.36. The van der Waals surface area contributed by atoms with Crippen molar-refractivity contribution in [2.45, 2.75) is 57.6 Å². The highest BCUT2D eigenvalue weighted by molar-refractivity contribution is 5.76. The molecule has 1 amide bonds. The molecule has 0 bridgehead atoms. The summed E-state index contributed by atoms with van der Waals surface area (Å²) in [6.07, 6.45) is 8.14. The van der Waals surface area contributed by atoms with Crippen LogP contribution in [0.5, 0.6) is 0 Å². The summed E-state index contributed by atoms with van der Waals surface area (Å²) in [6.45, 7) is 5.54. The fourth-order valence-corrected chi connectivity index (χ4v) is 4.82. The highest BCUT2D eigenvalue weighted by atomic mass is 16.3. The number of nitrogens with zero attached hydrogens (tertiary/aromatic N) is 3. The molecule has 1 aromatic rings. The number of hydrogen-bond acceptors (Lipinski definition) is 4. The minimum Gasteiger partial charge on any atom is -0.390 e. The van der Waals surface area contributed by atoms with Crippen LogP contribution in [0.4, 0.5) is 0 Å². The minimum absolute atomic E-state index is 0.332. The Morgan fingerprint density at radius 1 is 1.10 bits per heavy atom. The van der Waals surface area contributed by atoms with E-state index < -0.39 is 0 Å². The van der Waals surface area contributed by atoms with Crippen LogP contribution in [0.1, 0.15) is 50.5 Å². The number of rotatable bonds is 9. The van der Waals surface area contributed by atoms with Crippen molar-refractivity contribution in [1.82, 2.24) is 14.7 Å². The number of aliphatic hydroxyl groups excluding tert-OH is 1. The lowest BCUT2D eigenvalue weighted by atomic mass is 9.86. The molecule has 162 valence electrons. The van der Waals surface area contributed by atoms with E-state index in [1.54, 1.807) is 0 Å². The average molecular weight is 402 g/mol. The van der Waals surface area contributed by atoms with Crippen molar-refractivity contribution < 1.29 is 9.90 Å². The smallest absolute Gasteiger partial charge is 0.222 e. The summed E-state index contributed by atoms with van der Waals surface area (Å²) in [5.41, 5.74) is 1.27. The summed E-state index contributed by atoms with van der Waals surface area (Å²) >= 11 is 0. The second-order valence-corrected chi connectivity index (χ2v) is 9.06. The van der Waals surface area contributed by atoms with Crippen LogP contribution < -0.4 is 0 Å². The number of likely N-dealkylation sites (N-methyl/N-ethyl adjacent to an activating group) is 1. The van der Waals surface area contributed by atoms with E-state index in [-0.39, 0.29) is 6.10 Å². The maximum Gasteiger partial charge on any atom is 0.222 e. The molecule has 29 heavy (non-hydrogen) atoms.